The summed E-state index contributed by atoms with van der Waals surface area (Å²) in [5.74, 6) is 0. The number of morpholine rings is 1. The number of anilines is 3. The number of nitrogens with zero attached hydrogens (tertiary/aromatic N) is 1. The van der Waals surface area contributed by atoms with Gasteiger partial charge in [0.1, 0.15) is 4.90 Å². The van der Waals surface area contributed by atoms with E-state index in [1.807, 2.05) is 24.0 Å². The van der Waals surface area contributed by atoms with Crippen LogP contribution in [0.4, 0.5) is 17.1 Å². The Hall–Kier alpha value is -2.25. The summed E-state index contributed by atoms with van der Waals surface area (Å²) in [6, 6.07) is 12.3. The molecule has 0 saturated carbocycles. The average molecular weight is 347 g/mol. The van der Waals surface area contributed by atoms with Gasteiger partial charge in [0.25, 0.3) is 10.0 Å². The van der Waals surface area contributed by atoms with Gasteiger partial charge in [-0.1, -0.05) is 18.2 Å². The lowest BCUT2D eigenvalue weighted by molar-refractivity contribution is 0.122. The van der Waals surface area contributed by atoms with Crippen molar-refractivity contribution in [3.05, 3.63) is 48.0 Å². The molecule has 3 rings (SSSR count). The third-order valence-corrected chi connectivity index (χ3v) is 5.41. The van der Waals surface area contributed by atoms with Gasteiger partial charge in [-0.2, -0.15) is 0 Å². The van der Waals surface area contributed by atoms with Crippen LogP contribution in [0.15, 0.2) is 47.4 Å². The summed E-state index contributed by atoms with van der Waals surface area (Å²) in [5.41, 5.74) is 8.32. The van der Waals surface area contributed by atoms with Crippen LogP contribution in [0.3, 0.4) is 0 Å². The number of nitrogens with two attached hydrogens (primary N) is 1. The molecular formula is C17H21N3O3S. The largest absolute Gasteiger partial charge is 0.399 e. The van der Waals surface area contributed by atoms with Gasteiger partial charge in [0.15, 0.2) is 0 Å². The average Bonchev–Trinajstić information content (AvgIpc) is 2.57. The van der Waals surface area contributed by atoms with Crippen molar-refractivity contribution in [3.63, 3.8) is 0 Å². The van der Waals surface area contributed by atoms with Gasteiger partial charge in [0.2, 0.25) is 0 Å². The molecule has 0 unspecified atom stereocenters. The number of rotatable bonds is 4. The maximum atomic E-state index is 12.9. The zero-order chi connectivity index (χ0) is 17.2. The van der Waals surface area contributed by atoms with Crippen LogP contribution < -0.4 is 15.4 Å². The molecule has 1 heterocycles. The van der Waals surface area contributed by atoms with Gasteiger partial charge in [-0.05, 0) is 36.8 Å². The minimum absolute atomic E-state index is 0.188. The molecule has 0 atom stereocenters. The Labute approximate surface area is 142 Å². The maximum absolute atomic E-state index is 12.9. The van der Waals surface area contributed by atoms with Crippen LogP contribution in [0.25, 0.3) is 0 Å². The van der Waals surface area contributed by atoms with E-state index in [0.29, 0.717) is 43.4 Å². The normalized spacial score (nSPS) is 15.3. The van der Waals surface area contributed by atoms with Crippen LogP contribution in [-0.4, -0.2) is 34.7 Å². The molecule has 0 spiro atoms. The van der Waals surface area contributed by atoms with Gasteiger partial charge in [-0.25, -0.2) is 8.42 Å². The van der Waals surface area contributed by atoms with Crippen molar-refractivity contribution in [3.8, 4) is 0 Å². The fourth-order valence-corrected chi connectivity index (χ4v) is 4.09. The van der Waals surface area contributed by atoms with E-state index in [-0.39, 0.29) is 4.90 Å². The molecule has 0 aliphatic carbocycles. The van der Waals surface area contributed by atoms with Crippen LogP contribution in [0.2, 0.25) is 0 Å². The summed E-state index contributed by atoms with van der Waals surface area (Å²) in [6.07, 6.45) is 0. The van der Waals surface area contributed by atoms with Crippen molar-refractivity contribution in [1.82, 2.24) is 0 Å². The molecule has 0 amide bonds. The van der Waals surface area contributed by atoms with E-state index in [2.05, 4.69) is 4.72 Å². The molecule has 6 nitrogen and oxygen atoms in total. The standard InChI is InChI=1S/C17H21N3O3S/c1-13-4-2-3-5-15(13)19-24(21,22)17-12-14(18)6-7-16(17)20-8-10-23-11-9-20/h2-7,12,19H,8-11,18H2,1H3. The van der Waals surface area contributed by atoms with Crippen molar-refractivity contribution in [2.75, 3.05) is 41.7 Å². The summed E-state index contributed by atoms with van der Waals surface area (Å²) in [7, 11) is -3.75. The molecule has 2 aromatic rings. The van der Waals surface area contributed by atoms with E-state index in [0.717, 1.165) is 5.56 Å². The number of hydrogen-bond donors (Lipinski definition) is 2. The fraction of sp³-hybridized carbons (Fsp3) is 0.294. The predicted molar refractivity (Wildman–Crippen MR) is 95.9 cm³/mol. The van der Waals surface area contributed by atoms with Gasteiger partial charge in [-0.15, -0.1) is 0 Å². The van der Waals surface area contributed by atoms with Crippen LogP contribution in [0.1, 0.15) is 5.56 Å². The molecule has 0 radical (unpaired) electrons. The molecule has 2 aromatic carbocycles. The zero-order valence-electron chi connectivity index (χ0n) is 13.5. The summed E-state index contributed by atoms with van der Waals surface area (Å²) in [4.78, 5) is 2.20. The lowest BCUT2D eigenvalue weighted by Crippen LogP contribution is -2.37. The van der Waals surface area contributed by atoms with Gasteiger partial charge >= 0.3 is 0 Å². The molecule has 1 saturated heterocycles. The maximum Gasteiger partial charge on any atom is 0.264 e. The van der Waals surface area contributed by atoms with Crippen molar-refractivity contribution < 1.29 is 13.2 Å². The molecular weight excluding hydrogens is 326 g/mol. The highest BCUT2D eigenvalue weighted by molar-refractivity contribution is 7.92. The number of hydrogen-bond acceptors (Lipinski definition) is 5. The molecule has 1 aliphatic rings. The van der Waals surface area contributed by atoms with Gasteiger partial charge in [0.05, 0.1) is 24.6 Å². The molecule has 0 aromatic heterocycles. The SMILES string of the molecule is Cc1ccccc1NS(=O)(=O)c1cc(N)ccc1N1CCOCC1. The summed E-state index contributed by atoms with van der Waals surface area (Å²) in [5, 5.41) is 0. The molecule has 3 N–H and O–H groups in total. The van der Waals surface area contributed by atoms with Crippen molar-refractivity contribution >= 4 is 27.1 Å². The van der Waals surface area contributed by atoms with E-state index in [4.69, 9.17) is 10.5 Å². The Kier molecular flexibility index (Phi) is 4.64. The van der Waals surface area contributed by atoms with Gasteiger partial charge < -0.3 is 15.4 Å². The van der Waals surface area contributed by atoms with E-state index < -0.39 is 10.0 Å². The summed E-state index contributed by atoms with van der Waals surface area (Å²) >= 11 is 0. The Balaban J connectivity index is 2.00. The number of ether oxygens (including phenoxy) is 1. The van der Waals surface area contributed by atoms with E-state index in [1.165, 1.54) is 6.07 Å². The number of nitrogen functional groups attached to an aromatic ring is 1. The third kappa shape index (κ3) is 3.47. The zero-order valence-corrected chi connectivity index (χ0v) is 14.3. The third-order valence-electron chi connectivity index (χ3n) is 4.01. The molecule has 1 aliphatic heterocycles. The van der Waals surface area contributed by atoms with E-state index in [9.17, 15) is 8.42 Å². The first-order chi connectivity index (χ1) is 11.5. The monoisotopic (exact) mass is 347 g/mol. The number of benzene rings is 2. The second-order valence-corrected chi connectivity index (χ2v) is 7.40. The Morgan fingerprint density at radius 2 is 1.83 bits per heavy atom. The smallest absolute Gasteiger partial charge is 0.264 e. The number of aryl methyl sites for hydroxylation is 1. The van der Waals surface area contributed by atoms with Crippen LogP contribution in [0.5, 0.6) is 0 Å². The van der Waals surface area contributed by atoms with Crippen LogP contribution in [-0.2, 0) is 14.8 Å². The highest BCUT2D eigenvalue weighted by Crippen LogP contribution is 2.30. The molecule has 1 fully saturated rings. The van der Waals surface area contributed by atoms with Crippen LogP contribution in [0, 0.1) is 6.92 Å². The predicted octanol–water partition coefficient (Wildman–Crippen LogP) is 2.21. The number of para-hydroxylation sites is 1. The lowest BCUT2D eigenvalue weighted by atomic mass is 10.2. The second-order valence-electron chi connectivity index (χ2n) is 5.75. The number of nitrogens with one attached hydrogen (secondary N) is 1. The Morgan fingerprint density at radius 1 is 1.12 bits per heavy atom. The van der Waals surface area contributed by atoms with Crippen molar-refractivity contribution in [2.24, 2.45) is 0 Å². The van der Waals surface area contributed by atoms with E-state index >= 15 is 0 Å². The first-order valence-corrected chi connectivity index (χ1v) is 9.26. The van der Waals surface area contributed by atoms with Crippen LogP contribution >= 0.6 is 0 Å². The highest BCUT2D eigenvalue weighted by Gasteiger charge is 2.24. The molecule has 7 heteroatoms. The number of sulfonamides is 1. The first-order valence-electron chi connectivity index (χ1n) is 7.78. The fourth-order valence-electron chi connectivity index (χ4n) is 2.70. The highest BCUT2D eigenvalue weighted by atomic mass is 32.2. The molecule has 24 heavy (non-hydrogen) atoms. The Morgan fingerprint density at radius 3 is 2.54 bits per heavy atom. The summed E-state index contributed by atoms with van der Waals surface area (Å²) < 4.78 is 33.9. The van der Waals surface area contributed by atoms with E-state index in [1.54, 1.807) is 24.3 Å². The summed E-state index contributed by atoms with van der Waals surface area (Å²) in [6.45, 7) is 4.32. The quantitative estimate of drug-likeness (QED) is 0.829. The molecule has 128 valence electrons. The minimum atomic E-state index is -3.75. The van der Waals surface area contributed by atoms with Gasteiger partial charge in [-0.3, -0.25) is 4.72 Å². The first kappa shape index (κ1) is 16.6. The second kappa shape index (κ2) is 6.70. The van der Waals surface area contributed by atoms with Crippen molar-refractivity contribution in [1.29, 1.82) is 0 Å². The lowest BCUT2D eigenvalue weighted by Gasteiger charge is -2.30. The minimum Gasteiger partial charge on any atom is -0.399 e. The van der Waals surface area contributed by atoms with Crippen molar-refractivity contribution in [2.45, 2.75) is 11.8 Å². The molecule has 0 bridgehead atoms. The Bertz CT molecular complexity index is 831. The topological polar surface area (TPSA) is 84.7 Å². The van der Waals surface area contributed by atoms with Gasteiger partial charge in [0, 0.05) is 18.8 Å².